The van der Waals surface area contributed by atoms with E-state index in [0.717, 1.165) is 49.7 Å². The molecule has 1 aromatic heterocycles. The van der Waals surface area contributed by atoms with Gasteiger partial charge in [-0.25, -0.2) is 4.98 Å². The molecule has 1 heterocycles. The van der Waals surface area contributed by atoms with Crippen LogP contribution in [0, 0.1) is 29.1 Å². The predicted octanol–water partition coefficient (Wildman–Crippen LogP) is 8.64. The minimum absolute atomic E-state index is 0.0820. The van der Waals surface area contributed by atoms with Crippen molar-refractivity contribution in [2.24, 2.45) is 29.1 Å². The number of rotatable bonds is 12. The van der Waals surface area contributed by atoms with Gasteiger partial charge in [0.2, 0.25) is 0 Å². The maximum Gasteiger partial charge on any atom is 0.308 e. The lowest BCUT2D eigenvalue weighted by Crippen LogP contribution is -2.37. The van der Waals surface area contributed by atoms with Gasteiger partial charge in [0.05, 0.1) is 23.5 Å². The summed E-state index contributed by atoms with van der Waals surface area (Å²) in [6, 6.07) is 0. The highest BCUT2D eigenvalue weighted by atomic mass is 32.1. The van der Waals surface area contributed by atoms with Gasteiger partial charge in [-0.15, -0.1) is 11.3 Å². The zero-order chi connectivity index (χ0) is 31.6. The number of hydrogen-bond acceptors (Lipinski definition) is 6. The molecular weight excluding hydrogens is 566 g/mol. The number of allylic oxidation sites excluding steroid dienone is 3. The minimum atomic E-state index is -0.645. The summed E-state index contributed by atoms with van der Waals surface area (Å²) >= 11 is 1.85. The molecule has 7 atom stereocenters. The number of unbranched alkanes of at least 4 members (excludes halogenated alkanes) is 1. The molecule has 4 fully saturated rings. The van der Waals surface area contributed by atoms with E-state index < -0.39 is 12.2 Å². The highest BCUT2D eigenvalue weighted by Crippen LogP contribution is 2.60. The van der Waals surface area contributed by atoms with Gasteiger partial charge in [0.25, 0.3) is 0 Å². The molecule has 6 heteroatoms. The summed E-state index contributed by atoms with van der Waals surface area (Å²) in [4.78, 5) is 19.2. The van der Waals surface area contributed by atoms with Crippen molar-refractivity contribution in [2.45, 2.75) is 148 Å². The van der Waals surface area contributed by atoms with E-state index in [1.807, 2.05) is 25.2 Å². The molecule has 0 bridgehead atoms. The minimum Gasteiger partial charge on any atom is -0.461 e. The molecule has 0 aliphatic heterocycles. The molecule has 1 aromatic rings. The number of thiazole rings is 1. The number of nitrogens with zero attached hydrogens (tertiary/aromatic N) is 1. The standard InChI is InChI=1S/C38H57NO4S/c1-7-8-11-30-23-39-36(44-30)38(19-20-38)34(43-35(42)24(2)3)17-12-25(4)31-15-16-32-27(10-9-18-37(31,32)6)13-14-28-21-29(40)22-33(41)26(28)5/h13-14,23-25,29,31-34,40-41H,5,7-12,15-22H2,1-4,6H3/b27-13+,28-14-/t25-,29-,31-,32+,33+,34-,37-/m1/s1. The molecule has 44 heavy (non-hydrogen) atoms. The largest absolute Gasteiger partial charge is 0.461 e. The van der Waals surface area contributed by atoms with Gasteiger partial charge in [0.15, 0.2) is 0 Å². The van der Waals surface area contributed by atoms with Crippen molar-refractivity contribution >= 4 is 17.3 Å². The number of aliphatic hydroxyl groups is 2. The molecule has 0 aromatic carbocycles. The van der Waals surface area contributed by atoms with E-state index in [4.69, 9.17) is 9.72 Å². The number of aromatic nitrogens is 1. The van der Waals surface area contributed by atoms with Crippen molar-refractivity contribution in [3.05, 3.63) is 51.5 Å². The van der Waals surface area contributed by atoms with Gasteiger partial charge in [-0.1, -0.05) is 65.3 Å². The monoisotopic (exact) mass is 623 g/mol. The predicted molar refractivity (Wildman–Crippen MR) is 179 cm³/mol. The molecule has 2 N–H and O–H groups in total. The summed E-state index contributed by atoms with van der Waals surface area (Å²) in [5.41, 5.74) is 3.47. The highest BCUT2D eigenvalue weighted by molar-refractivity contribution is 7.11. The maximum atomic E-state index is 12.9. The van der Waals surface area contributed by atoms with Crippen molar-refractivity contribution < 1.29 is 19.7 Å². The average Bonchev–Trinajstić information content (AvgIpc) is 3.50. The van der Waals surface area contributed by atoms with Gasteiger partial charge in [-0.3, -0.25) is 4.79 Å². The number of aliphatic hydroxyl groups excluding tert-OH is 2. The number of fused-ring (bicyclic) bond motifs is 1. The lowest BCUT2D eigenvalue weighted by atomic mass is 9.60. The Kier molecular flexibility index (Phi) is 10.6. The number of carbonyl (C=O) groups excluding carboxylic acids is 1. The van der Waals surface area contributed by atoms with Gasteiger partial charge < -0.3 is 14.9 Å². The van der Waals surface area contributed by atoms with Crippen molar-refractivity contribution in [1.82, 2.24) is 4.98 Å². The smallest absolute Gasteiger partial charge is 0.308 e. The summed E-state index contributed by atoms with van der Waals surface area (Å²) < 4.78 is 6.33. The van der Waals surface area contributed by atoms with E-state index in [2.05, 4.69) is 45.7 Å². The summed E-state index contributed by atoms with van der Waals surface area (Å²) in [6.45, 7) is 15.2. The average molecular weight is 624 g/mol. The number of ether oxygens (including phenoxy) is 1. The SMILES string of the molecule is C=C1/C(=C\C=C2/CCC[C@]3(C)[C@@H]([C@H](C)CC[C@@H](OC(=O)C(C)C)C4(c5ncc(CCCC)s5)CC4)CC[C@@H]23)C[C@@H](O)C[C@@H]1O. The zero-order valence-corrected chi connectivity index (χ0v) is 28.8. The van der Waals surface area contributed by atoms with E-state index >= 15 is 0 Å². The fraction of sp³-hybridized carbons (Fsp3) is 0.737. The molecule has 4 aliphatic carbocycles. The number of hydrogen-bond donors (Lipinski definition) is 2. The van der Waals surface area contributed by atoms with Gasteiger partial charge >= 0.3 is 5.97 Å². The van der Waals surface area contributed by atoms with Crippen molar-refractivity contribution in [1.29, 1.82) is 0 Å². The summed E-state index contributed by atoms with van der Waals surface area (Å²) in [5, 5.41) is 21.7. The number of carbonyl (C=O) groups is 1. The second-order valence-corrected chi connectivity index (χ2v) is 16.3. The van der Waals surface area contributed by atoms with Gasteiger partial charge in [-0.2, -0.15) is 0 Å². The third-order valence-corrected chi connectivity index (χ3v) is 13.0. The molecule has 4 aliphatic rings. The van der Waals surface area contributed by atoms with Crippen LogP contribution in [0.2, 0.25) is 0 Å². The van der Waals surface area contributed by atoms with E-state index in [0.29, 0.717) is 30.6 Å². The molecular formula is C38H57NO4S. The van der Waals surface area contributed by atoms with Crippen LogP contribution in [0.25, 0.3) is 0 Å². The third kappa shape index (κ3) is 6.98. The Balaban J connectivity index is 1.28. The van der Waals surface area contributed by atoms with Crippen LogP contribution in [0.3, 0.4) is 0 Å². The van der Waals surface area contributed by atoms with Crippen molar-refractivity contribution in [3.63, 3.8) is 0 Å². The Hall–Kier alpha value is -1.76. The molecule has 4 saturated carbocycles. The maximum absolute atomic E-state index is 12.9. The summed E-state index contributed by atoms with van der Waals surface area (Å²) in [7, 11) is 0. The van der Waals surface area contributed by atoms with Gasteiger partial charge in [0, 0.05) is 17.5 Å². The van der Waals surface area contributed by atoms with Crippen LogP contribution < -0.4 is 0 Å². The first-order valence-corrected chi connectivity index (χ1v) is 18.4. The molecule has 244 valence electrons. The Morgan fingerprint density at radius 2 is 1.95 bits per heavy atom. The lowest BCUT2D eigenvalue weighted by molar-refractivity contribution is -0.155. The normalized spacial score (nSPS) is 33.0. The van der Waals surface area contributed by atoms with Crippen LogP contribution in [-0.4, -0.2) is 39.5 Å². The van der Waals surface area contributed by atoms with E-state index in [1.165, 1.54) is 54.0 Å². The fourth-order valence-corrected chi connectivity index (χ4v) is 10.1. The molecule has 0 unspecified atom stereocenters. The van der Waals surface area contributed by atoms with E-state index in [9.17, 15) is 15.0 Å². The number of esters is 1. The first-order chi connectivity index (χ1) is 21.0. The number of aryl methyl sites for hydroxylation is 1. The molecule has 0 saturated heterocycles. The molecule has 5 nitrogen and oxygen atoms in total. The van der Waals surface area contributed by atoms with Crippen LogP contribution in [0.15, 0.2) is 41.6 Å². The van der Waals surface area contributed by atoms with Crippen LogP contribution in [0.4, 0.5) is 0 Å². The second-order valence-electron chi connectivity index (χ2n) is 15.2. The summed E-state index contributed by atoms with van der Waals surface area (Å²) in [6.07, 6.45) is 19.9. The highest BCUT2D eigenvalue weighted by Gasteiger charge is 2.56. The van der Waals surface area contributed by atoms with Crippen LogP contribution in [-0.2, 0) is 21.4 Å². The first-order valence-electron chi connectivity index (χ1n) is 17.6. The molecule has 0 radical (unpaired) electrons. The zero-order valence-electron chi connectivity index (χ0n) is 27.9. The quantitative estimate of drug-likeness (QED) is 0.228. The second kappa shape index (κ2) is 13.9. The van der Waals surface area contributed by atoms with Crippen LogP contribution in [0.1, 0.15) is 128 Å². The Morgan fingerprint density at radius 3 is 2.66 bits per heavy atom. The Labute approximate surface area is 270 Å². The molecule has 0 amide bonds. The first kappa shape index (κ1) is 33.6. The van der Waals surface area contributed by atoms with Gasteiger partial charge in [-0.05, 0) is 111 Å². The Morgan fingerprint density at radius 1 is 1.18 bits per heavy atom. The molecule has 5 rings (SSSR count). The lowest BCUT2D eigenvalue weighted by Gasteiger charge is -2.44. The molecule has 0 spiro atoms. The van der Waals surface area contributed by atoms with Crippen LogP contribution in [0.5, 0.6) is 0 Å². The summed E-state index contributed by atoms with van der Waals surface area (Å²) in [5.74, 6) is 1.57. The van der Waals surface area contributed by atoms with Crippen LogP contribution >= 0.6 is 11.3 Å². The third-order valence-electron chi connectivity index (χ3n) is 11.8. The van der Waals surface area contributed by atoms with E-state index in [1.54, 1.807) is 0 Å². The van der Waals surface area contributed by atoms with E-state index in [-0.39, 0.29) is 28.8 Å². The van der Waals surface area contributed by atoms with Crippen molar-refractivity contribution in [2.75, 3.05) is 0 Å². The Bertz CT molecular complexity index is 1240. The topological polar surface area (TPSA) is 79.7 Å². The van der Waals surface area contributed by atoms with Gasteiger partial charge in [0.1, 0.15) is 11.1 Å². The van der Waals surface area contributed by atoms with Crippen molar-refractivity contribution in [3.8, 4) is 0 Å². The fourth-order valence-electron chi connectivity index (χ4n) is 8.83.